The molecule has 1 atom stereocenters. The first-order valence-electron chi connectivity index (χ1n) is 6.98. The van der Waals surface area contributed by atoms with E-state index in [1.54, 1.807) is 11.8 Å². The van der Waals surface area contributed by atoms with Gasteiger partial charge in [0.2, 0.25) is 0 Å². The summed E-state index contributed by atoms with van der Waals surface area (Å²) >= 11 is 1.65. The lowest BCUT2D eigenvalue weighted by Crippen LogP contribution is -2.19. The van der Waals surface area contributed by atoms with Crippen LogP contribution in [0.15, 0.2) is 34.4 Å². The second-order valence-corrected chi connectivity index (χ2v) is 5.99. The number of nitrogens with zero attached hydrogens (tertiary/aromatic N) is 3. The van der Waals surface area contributed by atoms with Crippen LogP contribution in [0.3, 0.4) is 0 Å². The molecule has 2 rings (SSSR count). The molecule has 1 N–H and O–H groups in total. The van der Waals surface area contributed by atoms with Crippen molar-refractivity contribution in [2.45, 2.75) is 43.3 Å². The van der Waals surface area contributed by atoms with E-state index >= 15 is 0 Å². The predicted octanol–water partition coefficient (Wildman–Crippen LogP) is 3.34. The largest absolute Gasteiger partial charge is 0.310 e. The van der Waals surface area contributed by atoms with Gasteiger partial charge in [0.1, 0.15) is 10.1 Å². The van der Waals surface area contributed by atoms with Crippen LogP contribution in [0.4, 0.5) is 0 Å². The van der Waals surface area contributed by atoms with E-state index in [0.717, 1.165) is 28.7 Å². The highest BCUT2D eigenvalue weighted by Gasteiger charge is 2.09. The standard InChI is InChI=1S/C15H22N4S/c1-5-7-16-12(3)13-6-8-17-14(10-13)20-15-9-11(2)18-19(15)4/h6,8-10,12,16H,5,7H2,1-4H3. The molecule has 108 valence electrons. The molecule has 4 nitrogen and oxygen atoms in total. The van der Waals surface area contributed by atoms with Crippen molar-refractivity contribution in [3.8, 4) is 0 Å². The fourth-order valence-corrected chi connectivity index (χ4v) is 2.94. The second kappa shape index (κ2) is 6.90. The van der Waals surface area contributed by atoms with Gasteiger partial charge in [-0.15, -0.1) is 0 Å². The summed E-state index contributed by atoms with van der Waals surface area (Å²) in [5.41, 5.74) is 2.30. The molecule has 2 aromatic rings. The van der Waals surface area contributed by atoms with Gasteiger partial charge < -0.3 is 5.32 Å². The molecule has 0 radical (unpaired) electrons. The summed E-state index contributed by atoms with van der Waals surface area (Å²) < 4.78 is 1.90. The zero-order valence-electron chi connectivity index (χ0n) is 12.6. The summed E-state index contributed by atoms with van der Waals surface area (Å²) in [5, 5.41) is 9.98. The van der Waals surface area contributed by atoms with Gasteiger partial charge in [0, 0.05) is 19.3 Å². The van der Waals surface area contributed by atoms with Gasteiger partial charge in [0.05, 0.1) is 5.69 Å². The monoisotopic (exact) mass is 290 g/mol. The van der Waals surface area contributed by atoms with Crippen molar-refractivity contribution in [1.82, 2.24) is 20.1 Å². The van der Waals surface area contributed by atoms with E-state index in [-0.39, 0.29) is 0 Å². The molecule has 0 aliphatic carbocycles. The van der Waals surface area contributed by atoms with E-state index < -0.39 is 0 Å². The number of aryl methyl sites for hydroxylation is 2. The van der Waals surface area contributed by atoms with Gasteiger partial charge in [0.15, 0.2) is 0 Å². The summed E-state index contributed by atoms with van der Waals surface area (Å²) in [5.74, 6) is 0. The minimum absolute atomic E-state index is 0.352. The number of rotatable bonds is 6. The fraction of sp³-hybridized carbons (Fsp3) is 0.467. The summed E-state index contributed by atoms with van der Waals surface area (Å²) in [6.07, 6.45) is 3.02. The molecule has 0 bridgehead atoms. The third-order valence-electron chi connectivity index (χ3n) is 3.13. The van der Waals surface area contributed by atoms with Crippen LogP contribution >= 0.6 is 11.8 Å². The van der Waals surface area contributed by atoms with E-state index in [1.807, 2.05) is 24.9 Å². The quantitative estimate of drug-likeness (QED) is 0.886. The molecular weight excluding hydrogens is 268 g/mol. The van der Waals surface area contributed by atoms with E-state index in [4.69, 9.17) is 0 Å². The summed E-state index contributed by atoms with van der Waals surface area (Å²) in [6.45, 7) is 7.41. The van der Waals surface area contributed by atoms with Gasteiger partial charge in [-0.25, -0.2) is 4.98 Å². The number of nitrogens with one attached hydrogen (secondary N) is 1. The normalized spacial score (nSPS) is 12.6. The van der Waals surface area contributed by atoms with Gasteiger partial charge >= 0.3 is 0 Å². The fourth-order valence-electron chi connectivity index (χ4n) is 2.02. The Kier molecular flexibility index (Phi) is 5.20. The van der Waals surface area contributed by atoms with Crippen molar-refractivity contribution in [2.24, 2.45) is 7.05 Å². The van der Waals surface area contributed by atoms with Crippen molar-refractivity contribution >= 4 is 11.8 Å². The Hall–Kier alpha value is -1.33. The predicted molar refractivity (Wildman–Crippen MR) is 83.0 cm³/mol. The first kappa shape index (κ1) is 15.1. The molecule has 0 spiro atoms. The molecular formula is C15H22N4S. The highest BCUT2D eigenvalue weighted by Crippen LogP contribution is 2.27. The minimum Gasteiger partial charge on any atom is -0.310 e. The third kappa shape index (κ3) is 3.84. The Morgan fingerprint density at radius 3 is 2.85 bits per heavy atom. The zero-order valence-corrected chi connectivity index (χ0v) is 13.4. The first-order chi connectivity index (χ1) is 9.60. The van der Waals surface area contributed by atoms with Gasteiger partial charge in [-0.3, -0.25) is 4.68 Å². The van der Waals surface area contributed by atoms with E-state index in [9.17, 15) is 0 Å². The average molecular weight is 290 g/mol. The molecule has 20 heavy (non-hydrogen) atoms. The Morgan fingerprint density at radius 2 is 2.20 bits per heavy atom. The highest BCUT2D eigenvalue weighted by molar-refractivity contribution is 7.99. The molecule has 0 aliphatic rings. The van der Waals surface area contributed by atoms with Gasteiger partial charge in [-0.05, 0) is 50.6 Å². The smallest absolute Gasteiger partial charge is 0.102 e. The van der Waals surface area contributed by atoms with Crippen molar-refractivity contribution in [1.29, 1.82) is 0 Å². The lowest BCUT2D eigenvalue weighted by atomic mass is 10.1. The Bertz CT molecular complexity index is 565. The number of aromatic nitrogens is 3. The van der Waals surface area contributed by atoms with Crippen LogP contribution in [0, 0.1) is 6.92 Å². The summed E-state index contributed by atoms with van der Waals surface area (Å²) in [6, 6.07) is 6.66. The Balaban J connectivity index is 2.11. The van der Waals surface area contributed by atoms with Crippen LogP contribution in [0.1, 0.15) is 37.6 Å². The van der Waals surface area contributed by atoms with E-state index in [2.05, 4.69) is 47.4 Å². The van der Waals surface area contributed by atoms with E-state index in [0.29, 0.717) is 6.04 Å². The number of hydrogen-bond acceptors (Lipinski definition) is 4. The van der Waals surface area contributed by atoms with Crippen molar-refractivity contribution in [3.05, 3.63) is 35.7 Å². The van der Waals surface area contributed by atoms with Crippen molar-refractivity contribution < 1.29 is 0 Å². The van der Waals surface area contributed by atoms with Crippen molar-refractivity contribution in [2.75, 3.05) is 6.54 Å². The summed E-state index contributed by atoms with van der Waals surface area (Å²) in [4.78, 5) is 4.44. The maximum Gasteiger partial charge on any atom is 0.102 e. The molecule has 0 fully saturated rings. The van der Waals surface area contributed by atoms with Crippen LogP contribution in [0.2, 0.25) is 0 Å². The maximum atomic E-state index is 4.44. The molecule has 0 amide bonds. The SMILES string of the molecule is CCCNC(C)c1ccnc(Sc2cc(C)nn2C)c1. The number of hydrogen-bond donors (Lipinski definition) is 1. The molecule has 0 aromatic carbocycles. The van der Waals surface area contributed by atoms with Crippen LogP contribution in [-0.2, 0) is 7.05 Å². The highest BCUT2D eigenvalue weighted by atomic mass is 32.2. The van der Waals surface area contributed by atoms with Crippen LogP contribution < -0.4 is 5.32 Å². The molecule has 0 saturated carbocycles. The van der Waals surface area contributed by atoms with Crippen LogP contribution in [-0.4, -0.2) is 21.3 Å². The van der Waals surface area contributed by atoms with E-state index in [1.165, 1.54) is 5.56 Å². The molecule has 0 saturated heterocycles. The Labute approximate surface area is 125 Å². The third-order valence-corrected chi connectivity index (χ3v) is 4.15. The first-order valence-corrected chi connectivity index (χ1v) is 7.79. The maximum absolute atomic E-state index is 4.44. The zero-order chi connectivity index (χ0) is 14.5. The molecule has 2 aromatic heterocycles. The van der Waals surface area contributed by atoms with Crippen molar-refractivity contribution in [3.63, 3.8) is 0 Å². The summed E-state index contributed by atoms with van der Waals surface area (Å²) in [7, 11) is 1.96. The van der Waals surface area contributed by atoms with Crippen LogP contribution in [0.25, 0.3) is 0 Å². The van der Waals surface area contributed by atoms with Gasteiger partial charge in [-0.1, -0.05) is 18.7 Å². The second-order valence-electron chi connectivity index (χ2n) is 4.95. The van der Waals surface area contributed by atoms with Gasteiger partial charge in [0.25, 0.3) is 0 Å². The number of pyridine rings is 1. The minimum atomic E-state index is 0.352. The average Bonchev–Trinajstić information content (AvgIpc) is 2.74. The van der Waals surface area contributed by atoms with Crippen LogP contribution in [0.5, 0.6) is 0 Å². The lowest BCUT2D eigenvalue weighted by molar-refractivity contribution is 0.569. The lowest BCUT2D eigenvalue weighted by Gasteiger charge is -2.14. The Morgan fingerprint density at radius 1 is 1.40 bits per heavy atom. The molecule has 0 aliphatic heterocycles. The molecule has 1 unspecified atom stereocenters. The molecule has 2 heterocycles. The van der Waals surface area contributed by atoms with Gasteiger partial charge in [-0.2, -0.15) is 5.10 Å². The topological polar surface area (TPSA) is 42.7 Å². The molecule has 5 heteroatoms.